The van der Waals surface area contributed by atoms with Crippen LogP contribution in [-0.2, 0) is 4.79 Å². The molecule has 4 rings (SSSR count). The number of nitrogen functional groups attached to an aromatic ring is 1. The Kier molecular flexibility index (Phi) is 6.28. The average Bonchev–Trinajstić information content (AvgIpc) is 2.96. The maximum Gasteiger partial charge on any atom is 0.271 e. The highest BCUT2D eigenvalue weighted by Gasteiger charge is 2.50. The number of primary amides is 1. The summed E-state index contributed by atoms with van der Waals surface area (Å²) in [5.41, 5.74) is 18.0. The molecule has 1 saturated carbocycles. The van der Waals surface area contributed by atoms with E-state index in [-0.39, 0.29) is 34.7 Å². The SMILES string of the molecule is C[C@@H]1C(=O)CC2(CCN(c3nc(N)c(Sc4cccc(Cl)c4Cl)nc3C(N)=O)CC2)[C@H]1N. The first-order valence-corrected chi connectivity index (χ1v) is 11.8. The van der Waals surface area contributed by atoms with Gasteiger partial charge >= 0.3 is 0 Å². The second-order valence-electron chi connectivity index (χ2n) is 8.41. The summed E-state index contributed by atoms with van der Waals surface area (Å²) in [7, 11) is 0. The molecule has 1 aliphatic heterocycles. The lowest BCUT2D eigenvalue weighted by Crippen LogP contribution is -2.49. The third-order valence-electron chi connectivity index (χ3n) is 6.57. The first-order chi connectivity index (χ1) is 15.1. The molecule has 2 aliphatic rings. The lowest BCUT2D eigenvalue weighted by atomic mass is 9.73. The Morgan fingerprint density at radius 3 is 2.53 bits per heavy atom. The zero-order valence-electron chi connectivity index (χ0n) is 17.5. The highest BCUT2D eigenvalue weighted by molar-refractivity contribution is 7.99. The van der Waals surface area contributed by atoms with Gasteiger partial charge in [0.1, 0.15) is 10.8 Å². The number of aromatic nitrogens is 2. The van der Waals surface area contributed by atoms with Gasteiger partial charge < -0.3 is 22.1 Å². The van der Waals surface area contributed by atoms with Gasteiger partial charge in [0.2, 0.25) is 0 Å². The summed E-state index contributed by atoms with van der Waals surface area (Å²) < 4.78 is 0. The van der Waals surface area contributed by atoms with Gasteiger partial charge in [-0.2, -0.15) is 0 Å². The second-order valence-corrected chi connectivity index (χ2v) is 10.2. The minimum atomic E-state index is -0.701. The van der Waals surface area contributed by atoms with Crippen molar-refractivity contribution in [3.8, 4) is 0 Å². The third-order valence-corrected chi connectivity index (χ3v) is 8.55. The second kappa shape index (κ2) is 8.70. The van der Waals surface area contributed by atoms with Gasteiger partial charge in [-0.1, -0.05) is 48.0 Å². The van der Waals surface area contributed by atoms with Crippen LogP contribution in [0.1, 0.15) is 36.7 Å². The zero-order chi connectivity index (χ0) is 23.2. The molecule has 0 bridgehead atoms. The van der Waals surface area contributed by atoms with E-state index in [1.807, 2.05) is 11.8 Å². The molecule has 1 aromatic heterocycles. The fourth-order valence-corrected chi connectivity index (χ4v) is 5.90. The van der Waals surface area contributed by atoms with E-state index in [0.717, 1.165) is 24.6 Å². The molecular formula is C21H24Cl2N6O2S. The highest BCUT2D eigenvalue weighted by Crippen LogP contribution is 2.47. The Morgan fingerprint density at radius 2 is 1.94 bits per heavy atom. The molecule has 1 saturated heterocycles. The molecule has 2 heterocycles. The van der Waals surface area contributed by atoms with E-state index in [0.29, 0.717) is 45.3 Å². The Bertz CT molecular complexity index is 1090. The molecule has 2 atom stereocenters. The summed E-state index contributed by atoms with van der Waals surface area (Å²) in [5, 5.41) is 1.08. The van der Waals surface area contributed by atoms with Gasteiger partial charge in [-0.3, -0.25) is 9.59 Å². The van der Waals surface area contributed by atoms with Crippen molar-refractivity contribution in [2.45, 2.75) is 42.1 Å². The van der Waals surface area contributed by atoms with Gasteiger partial charge in [-0.05, 0) is 30.4 Å². The zero-order valence-corrected chi connectivity index (χ0v) is 19.8. The quantitative estimate of drug-likeness (QED) is 0.588. The molecule has 0 radical (unpaired) electrons. The van der Waals surface area contributed by atoms with E-state index in [1.54, 1.807) is 18.2 Å². The molecule has 8 nitrogen and oxygen atoms in total. The van der Waals surface area contributed by atoms with Crippen LogP contribution in [0.2, 0.25) is 10.0 Å². The number of carbonyl (C=O) groups is 2. The van der Waals surface area contributed by atoms with Crippen molar-refractivity contribution in [2.24, 2.45) is 22.8 Å². The minimum Gasteiger partial charge on any atom is -0.381 e. The molecule has 2 fully saturated rings. The molecule has 170 valence electrons. The monoisotopic (exact) mass is 494 g/mol. The van der Waals surface area contributed by atoms with Gasteiger partial charge in [0.05, 0.1) is 10.0 Å². The Balaban J connectivity index is 1.60. The van der Waals surface area contributed by atoms with Crippen molar-refractivity contribution < 1.29 is 9.59 Å². The van der Waals surface area contributed by atoms with E-state index in [9.17, 15) is 9.59 Å². The Labute approximate surface area is 200 Å². The number of nitrogens with two attached hydrogens (primary N) is 3. The van der Waals surface area contributed by atoms with Crippen molar-refractivity contribution in [3.63, 3.8) is 0 Å². The number of halogens is 2. The number of amides is 1. The predicted octanol–water partition coefficient (Wildman–Crippen LogP) is 3.14. The lowest BCUT2D eigenvalue weighted by Gasteiger charge is -2.42. The van der Waals surface area contributed by atoms with E-state index >= 15 is 0 Å². The fraction of sp³-hybridized carbons (Fsp3) is 0.429. The summed E-state index contributed by atoms with van der Waals surface area (Å²) in [5.74, 6) is -0.111. The van der Waals surface area contributed by atoms with Gasteiger partial charge in [-0.15, -0.1) is 0 Å². The number of piperidine rings is 1. The fourth-order valence-electron chi connectivity index (χ4n) is 4.58. The number of anilines is 2. The largest absolute Gasteiger partial charge is 0.381 e. The van der Waals surface area contributed by atoms with E-state index in [2.05, 4.69) is 9.97 Å². The lowest BCUT2D eigenvalue weighted by molar-refractivity contribution is -0.120. The van der Waals surface area contributed by atoms with E-state index in [1.165, 1.54) is 0 Å². The van der Waals surface area contributed by atoms with Crippen LogP contribution in [0.3, 0.4) is 0 Å². The summed E-state index contributed by atoms with van der Waals surface area (Å²) in [6.07, 6.45) is 1.94. The van der Waals surface area contributed by atoms with Crippen LogP contribution in [-0.4, -0.2) is 40.8 Å². The first-order valence-electron chi connectivity index (χ1n) is 10.3. The first kappa shape index (κ1) is 23.1. The van der Waals surface area contributed by atoms with E-state index in [4.69, 9.17) is 40.4 Å². The number of benzene rings is 1. The molecule has 32 heavy (non-hydrogen) atoms. The molecule has 1 spiro atoms. The van der Waals surface area contributed by atoms with Crippen LogP contribution >= 0.6 is 35.0 Å². The molecule has 6 N–H and O–H groups in total. The molecule has 2 aromatic rings. The highest BCUT2D eigenvalue weighted by atomic mass is 35.5. The maximum absolute atomic E-state index is 12.2. The van der Waals surface area contributed by atoms with Crippen LogP contribution in [0.15, 0.2) is 28.1 Å². The average molecular weight is 495 g/mol. The van der Waals surface area contributed by atoms with Crippen LogP contribution < -0.4 is 22.1 Å². The summed E-state index contributed by atoms with van der Waals surface area (Å²) in [4.78, 5) is 35.9. The topological polar surface area (TPSA) is 141 Å². The summed E-state index contributed by atoms with van der Waals surface area (Å²) in [6.45, 7) is 3.05. The van der Waals surface area contributed by atoms with Crippen LogP contribution in [0.25, 0.3) is 0 Å². The van der Waals surface area contributed by atoms with Crippen molar-refractivity contribution in [2.75, 3.05) is 23.7 Å². The van der Waals surface area contributed by atoms with Crippen molar-refractivity contribution >= 4 is 58.3 Å². The molecule has 1 aliphatic carbocycles. The molecule has 11 heteroatoms. The van der Waals surface area contributed by atoms with Gasteiger partial charge in [0.15, 0.2) is 17.3 Å². The number of hydrogen-bond acceptors (Lipinski definition) is 8. The van der Waals surface area contributed by atoms with Crippen molar-refractivity contribution in [3.05, 3.63) is 33.9 Å². The van der Waals surface area contributed by atoms with Gasteiger partial charge in [-0.25, -0.2) is 9.97 Å². The maximum atomic E-state index is 12.2. The summed E-state index contributed by atoms with van der Waals surface area (Å²) in [6, 6.07) is 5.04. The number of nitrogens with zero attached hydrogens (tertiary/aromatic N) is 3. The number of Topliss-reactive ketones (excluding diaryl/α,β-unsaturated/α-hetero) is 1. The predicted molar refractivity (Wildman–Crippen MR) is 126 cm³/mol. The molecule has 0 unspecified atom stereocenters. The smallest absolute Gasteiger partial charge is 0.271 e. The van der Waals surface area contributed by atoms with Gasteiger partial charge in [0.25, 0.3) is 5.91 Å². The van der Waals surface area contributed by atoms with E-state index < -0.39 is 5.91 Å². The van der Waals surface area contributed by atoms with Crippen molar-refractivity contribution in [1.82, 2.24) is 9.97 Å². The van der Waals surface area contributed by atoms with Crippen LogP contribution in [0.4, 0.5) is 11.6 Å². The third kappa shape index (κ3) is 4.03. The van der Waals surface area contributed by atoms with Crippen LogP contribution in [0.5, 0.6) is 0 Å². The Morgan fingerprint density at radius 1 is 1.25 bits per heavy atom. The molecular weight excluding hydrogens is 471 g/mol. The normalized spacial score (nSPS) is 22.5. The van der Waals surface area contributed by atoms with Crippen molar-refractivity contribution in [1.29, 1.82) is 0 Å². The molecule has 1 aromatic carbocycles. The Hall–Kier alpha value is -2.07. The number of carbonyl (C=O) groups excluding carboxylic acids is 2. The minimum absolute atomic E-state index is 0.0379. The van der Waals surface area contributed by atoms with Gasteiger partial charge in [0, 0.05) is 36.4 Å². The standard InChI is InChI=1S/C21H24Cl2N6O2S/c1-10-12(30)9-21(16(10)24)5-7-29(8-6-21)19-15(18(26)31)27-20(17(25)28-19)32-13-4-2-3-11(22)14(13)23/h2-4,10,16H,5-9,24H2,1H3,(H2,25,28)(H2,26,31)/t10-,16+/m1/s1. The number of rotatable bonds is 4. The number of ketones is 1. The molecule has 1 amide bonds. The number of hydrogen-bond donors (Lipinski definition) is 3. The summed E-state index contributed by atoms with van der Waals surface area (Å²) >= 11 is 13.5. The van der Waals surface area contributed by atoms with Crippen LogP contribution in [0, 0.1) is 11.3 Å².